The molecule has 1 aliphatic rings. The monoisotopic (exact) mass is 599 g/mol. The van der Waals surface area contributed by atoms with Crippen LogP contribution in [0.1, 0.15) is 104 Å². The summed E-state index contributed by atoms with van der Waals surface area (Å²) in [6.45, 7) is 24.5. The number of hydrogen-bond donors (Lipinski definition) is 1. The molecule has 0 aromatic carbocycles. The summed E-state index contributed by atoms with van der Waals surface area (Å²) in [5.74, 6) is -2.98. The normalized spacial score (nSPS) is 23.8. The van der Waals surface area contributed by atoms with Crippen molar-refractivity contribution in [3.63, 3.8) is 0 Å². The Morgan fingerprint density at radius 2 is 0.881 bits per heavy atom. The van der Waals surface area contributed by atoms with E-state index in [2.05, 4.69) is 5.32 Å². The van der Waals surface area contributed by atoms with Crippen molar-refractivity contribution in [1.82, 2.24) is 5.32 Å². The third kappa shape index (κ3) is 10.5. The molecule has 0 unspecified atom stereocenters. The standard InChI is InChI=1S/C31H53NO10/c1-27(2,3)22(33)32-21-20(42-26(37)31(13,14)15)19(41-25(36)30(10,11)12)18(40-24(35)29(7,8)9)17(39-21)16-38-23(34)28(4,5)6/h17-21H,16H2,1-15H3,(H,32,33)/t17-,18+,19+,20+,21-/m0/s1. The predicted octanol–water partition coefficient (Wildman–Crippen LogP) is 4.34. The van der Waals surface area contributed by atoms with Gasteiger partial charge in [-0.3, -0.25) is 24.0 Å². The number of rotatable bonds is 6. The van der Waals surface area contributed by atoms with Crippen molar-refractivity contribution in [2.24, 2.45) is 27.1 Å². The van der Waals surface area contributed by atoms with Crippen LogP contribution in [0.15, 0.2) is 0 Å². The van der Waals surface area contributed by atoms with Crippen molar-refractivity contribution in [3.8, 4) is 0 Å². The van der Waals surface area contributed by atoms with Crippen molar-refractivity contribution in [2.45, 2.75) is 134 Å². The zero-order chi connectivity index (χ0) is 33.2. The molecule has 5 atom stereocenters. The zero-order valence-electron chi connectivity index (χ0n) is 28.2. The van der Waals surface area contributed by atoms with E-state index in [9.17, 15) is 24.0 Å². The van der Waals surface area contributed by atoms with Crippen LogP contribution >= 0.6 is 0 Å². The lowest BCUT2D eigenvalue weighted by molar-refractivity contribution is -0.264. The first-order valence-electron chi connectivity index (χ1n) is 14.3. The summed E-state index contributed by atoms with van der Waals surface area (Å²) < 4.78 is 29.5. The van der Waals surface area contributed by atoms with Crippen molar-refractivity contribution in [3.05, 3.63) is 0 Å². The highest BCUT2D eigenvalue weighted by Crippen LogP contribution is 2.34. The van der Waals surface area contributed by atoms with Gasteiger partial charge in [0.15, 0.2) is 24.5 Å². The molecule has 1 heterocycles. The topological polar surface area (TPSA) is 144 Å². The first-order chi connectivity index (χ1) is 18.6. The number of carbonyl (C=O) groups excluding carboxylic acids is 5. The highest BCUT2D eigenvalue weighted by molar-refractivity contribution is 5.82. The van der Waals surface area contributed by atoms with Gasteiger partial charge >= 0.3 is 23.9 Å². The van der Waals surface area contributed by atoms with Crippen molar-refractivity contribution >= 4 is 29.8 Å². The Morgan fingerprint density at radius 3 is 1.24 bits per heavy atom. The maximum absolute atomic E-state index is 13.3. The molecule has 0 bridgehead atoms. The Kier molecular flexibility index (Phi) is 11.5. The Balaban J connectivity index is 3.82. The molecule has 0 spiro atoms. The Bertz CT molecular complexity index is 1010. The molecule has 1 amide bonds. The minimum atomic E-state index is -1.42. The number of nitrogens with one attached hydrogen (secondary N) is 1. The quantitative estimate of drug-likeness (QED) is 0.346. The van der Waals surface area contributed by atoms with E-state index < -0.39 is 94.1 Å². The van der Waals surface area contributed by atoms with Gasteiger partial charge in [0.05, 0.1) is 21.7 Å². The molecule has 0 radical (unpaired) electrons. The summed E-state index contributed by atoms with van der Waals surface area (Å²) in [6.07, 6.45) is -6.75. The second kappa shape index (κ2) is 12.9. The van der Waals surface area contributed by atoms with Gasteiger partial charge < -0.3 is 29.0 Å². The number of esters is 4. The lowest BCUT2D eigenvalue weighted by Crippen LogP contribution is -2.67. The SMILES string of the molecule is CC(C)(C)C(=O)N[C@H]1O[C@@H](COC(=O)C(C)(C)C)[C@@H](OC(=O)C(C)(C)C)[C@@H](OC(=O)C(C)(C)C)[C@H]1OC(=O)C(C)(C)C. The third-order valence-corrected chi connectivity index (χ3v) is 6.15. The van der Waals surface area contributed by atoms with Gasteiger partial charge in [-0.05, 0) is 83.1 Å². The molecule has 11 nitrogen and oxygen atoms in total. The lowest BCUT2D eigenvalue weighted by Gasteiger charge is -2.46. The van der Waals surface area contributed by atoms with Crippen LogP contribution in [-0.2, 0) is 47.7 Å². The van der Waals surface area contributed by atoms with Gasteiger partial charge in [-0.2, -0.15) is 0 Å². The van der Waals surface area contributed by atoms with Crippen molar-refractivity contribution in [1.29, 1.82) is 0 Å². The molecule has 1 aliphatic heterocycles. The summed E-state index contributed by atoms with van der Waals surface area (Å²) in [5.41, 5.74) is -4.67. The van der Waals surface area contributed by atoms with Gasteiger partial charge in [0.2, 0.25) is 5.91 Å². The van der Waals surface area contributed by atoms with Crippen LogP contribution in [0.25, 0.3) is 0 Å². The fourth-order valence-electron chi connectivity index (χ4n) is 3.19. The van der Waals surface area contributed by atoms with E-state index in [1.165, 1.54) is 0 Å². The van der Waals surface area contributed by atoms with Crippen molar-refractivity contribution < 1.29 is 47.7 Å². The second-order valence-corrected chi connectivity index (χ2v) is 16.0. The smallest absolute Gasteiger partial charge is 0.311 e. The molecule has 242 valence electrons. The Labute approximate surface area is 251 Å². The third-order valence-electron chi connectivity index (χ3n) is 6.15. The molecule has 0 aliphatic carbocycles. The lowest BCUT2D eigenvalue weighted by atomic mass is 9.91. The molecule has 1 rings (SSSR count). The Hall–Kier alpha value is -2.69. The fourth-order valence-corrected chi connectivity index (χ4v) is 3.19. The van der Waals surface area contributed by atoms with Gasteiger partial charge in [-0.1, -0.05) is 20.8 Å². The highest BCUT2D eigenvalue weighted by Gasteiger charge is 2.55. The molecule has 0 aromatic rings. The van der Waals surface area contributed by atoms with E-state index >= 15 is 0 Å². The largest absolute Gasteiger partial charge is 0.462 e. The minimum Gasteiger partial charge on any atom is -0.462 e. The molecule has 42 heavy (non-hydrogen) atoms. The minimum absolute atomic E-state index is 0.399. The number of carbonyl (C=O) groups is 5. The van der Waals surface area contributed by atoms with Crippen molar-refractivity contribution in [2.75, 3.05) is 6.61 Å². The van der Waals surface area contributed by atoms with Gasteiger partial charge in [-0.25, -0.2) is 0 Å². The number of hydrogen-bond acceptors (Lipinski definition) is 10. The molecule has 11 heteroatoms. The van der Waals surface area contributed by atoms with E-state index in [1.807, 2.05) is 0 Å². The molecule has 1 N–H and O–H groups in total. The highest BCUT2D eigenvalue weighted by atomic mass is 16.7. The molecule has 0 aromatic heterocycles. The summed E-state index contributed by atoms with van der Waals surface area (Å²) in [6, 6.07) is 0. The molecule has 0 saturated carbocycles. The van der Waals surface area contributed by atoms with E-state index in [0.717, 1.165) is 0 Å². The van der Waals surface area contributed by atoms with Crippen LogP contribution in [0.4, 0.5) is 0 Å². The van der Waals surface area contributed by atoms with Crippen LogP contribution in [0.3, 0.4) is 0 Å². The summed E-state index contributed by atoms with van der Waals surface area (Å²) in [4.78, 5) is 65.4. The summed E-state index contributed by atoms with van der Waals surface area (Å²) >= 11 is 0. The second-order valence-electron chi connectivity index (χ2n) is 16.0. The fraction of sp³-hybridized carbons (Fsp3) is 0.839. The predicted molar refractivity (Wildman–Crippen MR) is 155 cm³/mol. The first kappa shape index (κ1) is 37.3. The van der Waals surface area contributed by atoms with Gasteiger partial charge in [0.1, 0.15) is 12.7 Å². The zero-order valence-corrected chi connectivity index (χ0v) is 28.2. The van der Waals surface area contributed by atoms with Crippen LogP contribution in [0, 0.1) is 27.1 Å². The first-order valence-corrected chi connectivity index (χ1v) is 14.3. The van der Waals surface area contributed by atoms with Gasteiger partial charge in [-0.15, -0.1) is 0 Å². The maximum atomic E-state index is 13.3. The van der Waals surface area contributed by atoms with Gasteiger partial charge in [0, 0.05) is 5.41 Å². The molecular formula is C31H53NO10. The summed E-state index contributed by atoms with van der Waals surface area (Å²) in [7, 11) is 0. The van der Waals surface area contributed by atoms with Crippen LogP contribution in [-0.4, -0.2) is 67.0 Å². The molecule has 1 fully saturated rings. The van der Waals surface area contributed by atoms with Gasteiger partial charge in [0.25, 0.3) is 0 Å². The van der Waals surface area contributed by atoms with Crippen LogP contribution < -0.4 is 5.32 Å². The van der Waals surface area contributed by atoms with E-state index in [4.69, 9.17) is 23.7 Å². The van der Waals surface area contributed by atoms with E-state index in [0.29, 0.717) is 0 Å². The number of amides is 1. The van der Waals surface area contributed by atoms with Crippen LogP contribution in [0.5, 0.6) is 0 Å². The molecule has 1 saturated heterocycles. The number of ether oxygens (including phenoxy) is 5. The van der Waals surface area contributed by atoms with Crippen LogP contribution in [0.2, 0.25) is 0 Å². The molecular weight excluding hydrogens is 546 g/mol. The maximum Gasteiger partial charge on any atom is 0.311 e. The average molecular weight is 600 g/mol. The summed E-state index contributed by atoms with van der Waals surface area (Å²) in [5, 5.41) is 2.75. The van der Waals surface area contributed by atoms with E-state index in [1.54, 1.807) is 104 Å². The van der Waals surface area contributed by atoms with E-state index in [-0.39, 0.29) is 0 Å². The Morgan fingerprint density at radius 1 is 0.524 bits per heavy atom. The average Bonchev–Trinajstić information content (AvgIpc) is 2.77.